The van der Waals surface area contributed by atoms with Crippen molar-refractivity contribution < 1.29 is 22.5 Å². The van der Waals surface area contributed by atoms with Crippen molar-refractivity contribution in [3.8, 4) is 22.5 Å². The van der Waals surface area contributed by atoms with E-state index in [1.807, 2.05) is 54.6 Å². The highest BCUT2D eigenvalue weighted by Crippen LogP contribution is 2.36. The van der Waals surface area contributed by atoms with E-state index >= 15 is 0 Å². The van der Waals surface area contributed by atoms with Crippen LogP contribution < -0.4 is 4.90 Å². The molecule has 1 aliphatic heterocycles. The van der Waals surface area contributed by atoms with Gasteiger partial charge in [-0.25, -0.2) is 0 Å². The van der Waals surface area contributed by atoms with Gasteiger partial charge in [-0.2, -0.15) is 18.2 Å². The molecular weight excluding hydrogens is 409 g/mol. The highest BCUT2D eigenvalue weighted by atomic mass is 19.4. The SMILES string of the molecule is O=C1c2cc(-c3noc(C(F)(F)F)n3)cnc2CN1c1ccccc1-c1ccccc1. The molecule has 2 aromatic carbocycles. The third-order valence-electron chi connectivity index (χ3n) is 4.96. The number of aromatic nitrogens is 3. The van der Waals surface area contributed by atoms with Crippen molar-refractivity contribution in [3.63, 3.8) is 0 Å². The normalized spacial score (nSPS) is 13.5. The molecular formula is C22H13F3N4O2. The lowest BCUT2D eigenvalue weighted by molar-refractivity contribution is -0.159. The van der Waals surface area contributed by atoms with Gasteiger partial charge in [0.05, 0.1) is 23.5 Å². The van der Waals surface area contributed by atoms with Crippen LogP contribution in [0.3, 0.4) is 0 Å². The first-order valence-electron chi connectivity index (χ1n) is 9.28. The number of amides is 1. The number of nitrogens with zero attached hydrogens (tertiary/aromatic N) is 4. The van der Waals surface area contributed by atoms with Gasteiger partial charge in [0.2, 0.25) is 5.82 Å². The fraction of sp³-hybridized carbons (Fsp3) is 0.0909. The van der Waals surface area contributed by atoms with E-state index in [-0.39, 0.29) is 23.8 Å². The molecule has 3 heterocycles. The fourth-order valence-electron chi connectivity index (χ4n) is 3.51. The van der Waals surface area contributed by atoms with Crippen molar-refractivity contribution in [1.82, 2.24) is 15.1 Å². The van der Waals surface area contributed by atoms with Crippen LogP contribution in [0.5, 0.6) is 0 Å². The van der Waals surface area contributed by atoms with E-state index in [0.717, 1.165) is 16.8 Å². The zero-order chi connectivity index (χ0) is 21.6. The van der Waals surface area contributed by atoms with Gasteiger partial charge in [0, 0.05) is 17.3 Å². The first-order chi connectivity index (χ1) is 14.9. The molecule has 4 aromatic rings. The summed E-state index contributed by atoms with van der Waals surface area (Å²) >= 11 is 0. The molecule has 0 spiro atoms. The summed E-state index contributed by atoms with van der Waals surface area (Å²) in [4.78, 5) is 22.4. The van der Waals surface area contributed by atoms with Gasteiger partial charge >= 0.3 is 12.1 Å². The second kappa shape index (κ2) is 7.05. The van der Waals surface area contributed by atoms with Crippen LogP contribution in [-0.2, 0) is 12.7 Å². The minimum atomic E-state index is -4.75. The number of benzene rings is 2. The summed E-state index contributed by atoms with van der Waals surface area (Å²) in [6, 6.07) is 18.6. The largest absolute Gasteiger partial charge is 0.471 e. The Morgan fingerprint density at radius 1 is 0.935 bits per heavy atom. The number of alkyl halides is 3. The smallest absolute Gasteiger partial charge is 0.329 e. The van der Waals surface area contributed by atoms with E-state index in [1.54, 1.807) is 4.90 Å². The molecule has 0 fully saturated rings. The predicted molar refractivity (Wildman–Crippen MR) is 105 cm³/mol. The summed E-state index contributed by atoms with van der Waals surface area (Å²) in [5, 5.41) is 3.36. The molecule has 0 bridgehead atoms. The second-order valence-corrected chi connectivity index (χ2v) is 6.91. The van der Waals surface area contributed by atoms with Crippen molar-refractivity contribution >= 4 is 11.6 Å². The quantitative estimate of drug-likeness (QED) is 0.466. The first-order valence-corrected chi connectivity index (χ1v) is 9.28. The molecule has 1 amide bonds. The Balaban J connectivity index is 1.50. The number of para-hydroxylation sites is 1. The van der Waals surface area contributed by atoms with Gasteiger partial charge in [-0.05, 0) is 17.7 Å². The Hall–Kier alpha value is -4.01. The summed E-state index contributed by atoms with van der Waals surface area (Å²) in [5.41, 5.74) is 3.55. The van der Waals surface area contributed by atoms with Gasteiger partial charge < -0.3 is 9.42 Å². The van der Waals surface area contributed by atoms with Crippen LogP contribution in [-0.4, -0.2) is 21.0 Å². The molecule has 0 unspecified atom stereocenters. The van der Waals surface area contributed by atoms with E-state index in [2.05, 4.69) is 19.6 Å². The predicted octanol–water partition coefficient (Wildman–Crippen LogP) is 4.98. The Bertz CT molecular complexity index is 1290. The molecule has 0 radical (unpaired) electrons. The van der Waals surface area contributed by atoms with Crippen LogP contribution in [0.25, 0.3) is 22.5 Å². The summed E-state index contributed by atoms with van der Waals surface area (Å²) in [6.45, 7) is 0.248. The molecule has 0 N–H and O–H groups in total. The highest BCUT2D eigenvalue weighted by molar-refractivity contribution is 6.11. The van der Waals surface area contributed by atoms with Gasteiger partial charge in [0.15, 0.2) is 0 Å². The van der Waals surface area contributed by atoms with Gasteiger partial charge in [-0.1, -0.05) is 53.7 Å². The number of carbonyl (C=O) groups is 1. The van der Waals surface area contributed by atoms with Gasteiger partial charge in [-0.3, -0.25) is 9.78 Å². The summed E-state index contributed by atoms with van der Waals surface area (Å²) in [7, 11) is 0. The number of rotatable bonds is 3. The standard InChI is InChI=1S/C22H13F3N4O2/c23-22(24,25)21-27-19(28-31-21)14-10-16-17(26-11-14)12-29(20(16)30)18-9-5-4-8-15(18)13-6-2-1-3-7-13/h1-11H,12H2. The van der Waals surface area contributed by atoms with E-state index < -0.39 is 12.1 Å². The highest BCUT2D eigenvalue weighted by Gasteiger charge is 2.39. The third-order valence-corrected chi connectivity index (χ3v) is 4.96. The number of hydrogen-bond acceptors (Lipinski definition) is 5. The number of anilines is 1. The zero-order valence-corrected chi connectivity index (χ0v) is 15.8. The summed E-state index contributed by atoms with van der Waals surface area (Å²) < 4.78 is 42.5. The second-order valence-electron chi connectivity index (χ2n) is 6.91. The van der Waals surface area contributed by atoms with Crippen LogP contribution in [0.4, 0.5) is 18.9 Å². The molecule has 9 heteroatoms. The van der Waals surface area contributed by atoms with Crippen LogP contribution in [0.2, 0.25) is 0 Å². The van der Waals surface area contributed by atoms with Crippen LogP contribution in [0.1, 0.15) is 21.9 Å². The van der Waals surface area contributed by atoms with Crippen molar-refractivity contribution in [1.29, 1.82) is 0 Å². The average Bonchev–Trinajstić information content (AvgIpc) is 3.40. The minimum Gasteiger partial charge on any atom is -0.329 e. The summed E-state index contributed by atoms with van der Waals surface area (Å²) in [6.07, 6.45) is -3.41. The van der Waals surface area contributed by atoms with Crippen molar-refractivity contribution in [3.05, 3.63) is 84.0 Å². The van der Waals surface area contributed by atoms with E-state index in [9.17, 15) is 18.0 Å². The lowest BCUT2D eigenvalue weighted by atomic mass is 10.0. The molecule has 154 valence electrons. The molecule has 0 atom stereocenters. The molecule has 31 heavy (non-hydrogen) atoms. The van der Waals surface area contributed by atoms with Crippen molar-refractivity contribution in [2.75, 3.05) is 4.90 Å². The van der Waals surface area contributed by atoms with Crippen LogP contribution in [0.15, 0.2) is 71.4 Å². The third kappa shape index (κ3) is 3.33. The van der Waals surface area contributed by atoms with Crippen molar-refractivity contribution in [2.45, 2.75) is 12.7 Å². The Labute approximate surface area is 174 Å². The average molecular weight is 422 g/mol. The topological polar surface area (TPSA) is 72.1 Å². The monoisotopic (exact) mass is 422 g/mol. The van der Waals surface area contributed by atoms with Gasteiger partial charge in [0.1, 0.15) is 0 Å². The van der Waals surface area contributed by atoms with Gasteiger partial charge in [0.25, 0.3) is 5.91 Å². The molecule has 5 rings (SSSR count). The Morgan fingerprint density at radius 3 is 2.42 bits per heavy atom. The van der Waals surface area contributed by atoms with Gasteiger partial charge in [-0.15, -0.1) is 0 Å². The van der Waals surface area contributed by atoms with Crippen LogP contribution >= 0.6 is 0 Å². The maximum absolute atomic E-state index is 13.2. The molecule has 0 aliphatic carbocycles. The lowest BCUT2D eigenvalue weighted by Gasteiger charge is -2.19. The zero-order valence-electron chi connectivity index (χ0n) is 15.8. The number of fused-ring (bicyclic) bond motifs is 1. The fourth-order valence-corrected chi connectivity index (χ4v) is 3.51. The van der Waals surface area contributed by atoms with E-state index in [1.165, 1.54) is 12.3 Å². The van der Waals surface area contributed by atoms with E-state index in [0.29, 0.717) is 11.3 Å². The summed E-state index contributed by atoms with van der Waals surface area (Å²) in [5.74, 6) is -2.03. The Morgan fingerprint density at radius 2 is 1.68 bits per heavy atom. The maximum atomic E-state index is 13.2. The molecule has 1 aliphatic rings. The molecule has 2 aromatic heterocycles. The Kier molecular flexibility index (Phi) is 4.32. The lowest BCUT2D eigenvalue weighted by Crippen LogP contribution is -2.23. The molecule has 6 nitrogen and oxygen atoms in total. The van der Waals surface area contributed by atoms with Crippen molar-refractivity contribution in [2.24, 2.45) is 0 Å². The maximum Gasteiger partial charge on any atom is 0.471 e. The first kappa shape index (κ1) is 19.0. The minimum absolute atomic E-state index is 0.171. The number of pyridine rings is 1. The number of halogens is 3. The number of carbonyl (C=O) groups excluding carboxylic acids is 1. The van der Waals surface area contributed by atoms with E-state index in [4.69, 9.17) is 0 Å². The van der Waals surface area contributed by atoms with Crippen LogP contribution in [0, 0.1) is 0 Å². The molecule has 0 saturated carbocycles. The molecule has 0 saturated heterocycles. The number of hydrogen-bond donors (Lipinski definition) is 0.